The molecule has 2 heterocycles. The summed E-state index contributed by atoms with van der Waals surface area (Å²) in [6, 6.07) is 0. The molecule has 1 aromatic rings. The van der Waals surface area contributed by atoms with Crippen molar-refractivity contribution in [2.24, 2.45) is 10.4 Å². The molecule has 7 nitrogen and oxygen atoms in total. The molecule has 0 unspecified atom stereocenters. The molecule has 3 rings (SSSR count). The Balaban J connectivity index is 0.00000261. The van der Waals surface area contributed by atoms with Crippen molar-refractivity contribution in [3.8, 4) is 0 Å². The number of hydrogen-bond donors (Lipinski definition) is 2. The molecular weight excluding hydrogens is 455 g/mol. The Kier molecular flexibility index (Phi) is 9.28. The third-order valence-electron chi connectivity index (χ3n) is 5.85. The lowest BCUT2D eigenvalue weighted by Crippen LogP contribution is -2.43. The molecule has 0 amide bonds. The summed E-state index contributed by atoms with van der Waals surface area (Å²) in [4.78, 5) is 4.39. The van der Waals surface area contributed by atoms with Crippen LogP contribution in [0.2, 0.25) is 0 Å². The van der Waals surface area contributed by atoms with Gasteiger partial charge in [-0.05, 0) is 44.4 Å². The minimum absolute atomic E-state index is 0. The van der Waals surface area contributed by atoms with Crippen LogP contribution in [0.5, 0.6) is 0 Å². The number of aryl methyl sites for hydroxylation is 1. The number of rotatable bonds is 8. The second-order valence-electron chi connectivity index (χ2n) is 7.57. The Labute approximate surface area is 180 Å². The van der Waals surface area contributed by atoms with Gasteiger partial charge >= 0.3 is 0 Å². The van der Waals surface area contributed by atoms with E-state index in [0.29, 0.717) is 12.0 Å². The summed E-state index contributed by atoms with van der Waals surface area (Å²) in [6.07, 6.45) is 9.82. The van der Waals surface area contributed by atoms with Crippen LogP contribution in [-0.4, -0.2) is 47.5 Å². The summed E-state index contributed by atoms with van der Waals surface area (Å²) in [5.74, 6) is 2.98. The van der Waals surface area contributed by atoms with Gasteiger partial charge in [0.05, 0.1) is 6.54 Å². The zero-order valence-corrected chi connectivity index (χ0v) is 19.1. The van der Waals surface area contributed by atoms with Gasteiger partial charge in [0.1, 0.15) is 5.82 Å². The van der Waals surface area contributed by atoms with E-state index in [1.807, 2.05) is 7.05 Å². The van der Waals surface area contributed by atoms with Crippen molar-refractivity contribution in [1.82, 2.24) is 25.4 Å². The minimum Gasteiger partial charge on any atom is -0.382 e. The van der Waals surface area contributed by atoms with Crippen LogP contribution in [0.25, 0.3) is 0 Å². The highest BCUT2D eigenvalue weighted by atomic mass is 127. The van der Waals surface area contributed by atoms with Crippen molar-refractivity contribution in [2.45, 2.75) is 71.4 Å². The average Bonchev–Trinajstić information content (AvgIpc) is 3.30. The first kappa shape index (κ1) is 22.4. The second-order valence-corrected chi connectivity index (χ2v) is 7.57. The van der Waals surface area contributed by atoms with Crippen LogP contribution in [0.1, 0.15) is 63.5 Å². The Morgan fingerprint density at radius 1 is 1.19 bits per heavy atom. The van der Waals surface area contributed by atoms with Crippen LogP contribution in [-0.2, 0) is 24.2 Å². The number of guanidine groups is 1. The lowest BCUT2D eigenvalue weighted by Gasteiger charge is -2.30. The molecule has 8 heteroatoms. The number of fused-ring (bicyclic) bond motifs is 1. The summed E-state index contributed by atoms with van der Waals surface area (Å²) >= 11 is 0. The third-order valence-corrected chi connectivity index (χ3v) is 5.85. The molecular formula is C19H35IN6O. The van der Waals surface area contributed by atoms with E-state index in [0.717, 1.165) is 56.8 Å². The van der Waals surface area contributed by atoms with Gasteiger partial charge in [0.2, 0.25) is 0 Å². The Morgan fingerprint density at radius 3 is 2.74 bits per heavy atom. The highest BCUT2D eigenvalue weighted by molar-refractivity contribution is 14.0. The van der Waals surface area contributed by atoms with E-state index >= 15 is 0 Å². The van der Waals surface area contributed by atoms with Crippen molar-refractivity contribution in [3.63, 3.8) is 0 Å². The van der Waals surface area contributed by atoms with Gasteiger partial charge in [-0.2, -0.15) is 0 Å². The van der Waals surface area contributed by atoms with E-state index in [1.54, 1.807) is 0 Å². The zero-order valence-electron chi connectivity index (χ0n) is 16.8. The van der Waals surface area contributed by atoms with Gasteiger partial charge in [0, 0.05) is 39.8 Å². The summed E-state index contributed by atoms with van der Waals surface area (Å²) in [5, 5.41) is 15.6. The van der Waals surface area contributed by atoms with Crippen LogP contribution in [0.4, 0.5) is 0 Å². The number of halogens is 1. The van der Waals surface area contributed by atoms with Gasteiger partial charge in [-0.3, -0.25) is 4.99 Å². The van der Waals surface area contributed by atoms with E-state index in [2.05, 4.69) is 37.3 Å². The number of aromatic nitrogens is 3. The molecule has 0 bridgehead atoms. The van der Waals surface area contributed by atoms with Gasteiger partial charge < -0.3 is 19.9 Å². The number of hydrogen-bond acceptors (Lipinski definition) is 4. The Morgan fingerprint density at radius 2 is 2.00 bits per heavy atom. The second kappa shape index (κ2) is 11.2. The summed E-state index contributed by atoms with van der Waals surface area (Å²) in [5.41, 5.74) is 0.348. The van der Waals surface area contributed by atoms with Crippen molar-refractivity contribution >= 4 is 29.9 Å². The lowest BCUT2D eigenvalue weighted by atomic mass is 9.83. The maximum atomic E-state index is 5.61. The van der Waals surface area contributed by atoms with Crippen molar-refractivity contribution < 1.29 is 4.74 Å². The molecule has 0 saturated heterocycles. The molecule has 0 radical (unpaired) electrons. The standard InChI is InChI=1S/C19H34N6O.HI/c1-3-26-13-11-19(9-5-6-10-19)15-22-18(20-2)21-14-17-24-23-16-8-4-7-12-25(16)17;/h3-15H2,1-2H3,(H2,20,21,22);1H. The van der Waals surface area contributed by atoms with Gasteiger partial charge in [0.15, 0.2) is 11.8 Å². The maximum Gasteiger partial charge on any atom is 0.191 e. The van der Waals surface area contributed by atoms with Crippen LogP contribution in [0, 0.1) is 5.41 Å². The minimum atomic E-state index is 0. The molecule has 154 valence electrons. The monoisotopic (exact) mass is 490 g/mol. The molecule has 2 N–H and O–H groups in total. The fourth-order valence-electron chi connectivity index (χ4n) is 4.23. The van der Waals surface area contributed by atoms with Crippen molar-refractivity contribution in [3.05, 3.63) is 11.6 Å². The number of ether oxygens (including phenoxy) is 1. The molecule has 1 saturated carbocycles. The molecule has 0 spiro atoms. The molecule has 0 atom stereocenters. The Bertz CT molecular complexity index is 597. The van der Waals surface area contributed by atoms with Crippen molar-refractivity contribution in [1.29, 1.82) is 0 Å². The van der Waals surface area contributed by atoms with Gasteiger partial charge in [-0.25, -0.2) is 0 Å². The highest BCUT2D eigenvalue weighted by Gasteiger charge is 2.33. The normalized spacial score (nSPS) is 18.7. The quantitative estimate of drug-likeness (QED) is 0.254. The largest absolute Gasteiger partial charge is 0.382 e. The lowest BCUT2D eigenvalue weighted by molar-refractivity contribution is 0.105. The summed E-state index contributed by atoms with van der Waals surface area (Å²) < 4.78 is 7.87. The van der Waals surface area contributed by atoms with Crippen LogP contribution >= 0.6 is 24.0 Å². The van der Waals surface area contributed by atoms with Crippen LogP contribution < -0.4 is 10.6 Å². The molecule has 2 aliphatic rings. The number of nitrogens with zero attached hydrogens (tertiary/aromatic N) is 4. The summed E-state index contributed by atoms with van der Waals surface area (Å²) in [6.45, 7) is 6.38. The fourth-order valence-corrected chi connectivity index (χ4v) is 4.23. The molecule has 0 aromatic carbocycles. The van der Waals surface area contributed by atoms with E-state index in [9.17, 15) is 0 Å². The maximum absolute atomic E-state index is 5.61. The van der Waals surface area contributed by atoms with Crippen molar-refractivity contribution in [2.75, 3.05) is 26.8 Å². The first-order chi connectivity index (χ1) is 12.8. The molecule has 1 aliphatic carbocycles. The molecule has 1 aliphatic heterocycles. The van der Waals surface area contributed by atoms with E-state index < -0.39 is 0 Å². The number of nitrogens with one attached hydrogen (secondary N) is 2. The predicted molar refractivity (Wildman–Crippen MR) is 119 cm³/mol. The molecule has 1 aromatic heterocycles. The van der Waals surface area contributed by atoms with E-state index in [-0.39, 0.29) is 24.0 Å². The SMILES string of the molecule is CCOCCC1(CNC(=NC)NCc2nnc3n2CCCC3)CCCC1.I. The van der Waals surface area contributed by atoms with Gasteiger partial charge in [-0.1, -0.05) is 12.8 Å². The zero-order chi connectivity index (χ0) is 18.2. The average molecular weight is 490 g/mol. The van der Waals surface area contributed by atoms with Gasteiger partial charge in [0.25, 0.3) is 0 Å². The topological polar surface area (TPSA) is 76.4 Å². The summed E-state index contributed by atoms with van der Waals surface area (Å²) in [7, 11) is 1.83. The predicted octanol–water partition coefficient (Wildman–Crippen LogP) is 2.88. The van der Waals surface area contributed by atoms with Gasteiger partial charge in [-0.15, -0.1) is 34.2 Å². The fraction of sp³-hybridized carbons (Fsp3) is 0.842. The molecule has 27 heavy (non-hydrogen) atoms. The highest BCUT2D eigenvalue weighted by Crippen LogP contribution is 2.40. The van der Waals surface area contributed by atoms with Crippen LogP contribution in [0.3, 0.4) is 0 Å². The van der Waals surface area contributed by atoms with E-state index in [1.165, 1.54) is 38.5 Å². The van der Waals surface area contributed by atoms with Crippen LogP contribution in [0.15, 0.2) is 4.99 Å². The van der Waals surface area contributed by atoms with E-state index in [4.69, 9.17) is 4.74 Å². The smallest absolute Gasteiger partial charge is 0.191 e. The number of aliphatic imine (C=N–C) groups is 1. The first-order valence-corrected chi connectivity index (χ1v) is 10.2. The molecule has 1 fully saturated rings. The first-order valence-electron chi connectivity index (χ1n) is 10.2. The third kappa shape index (κ3) is 6.04. The Hall–Kier alpha value is -0.900.